The highest BCUT2D eigenvalue weighted by Crippen LogP contribution is 2.25. The fraction of sp³-hybridized carbons (Fsp3) is 0.308. The van der Waals surface area contributed by atoms with E-state index in [2.05, 4.69) is 50.2 Å². The number of aromatic nitrogens is 1. The largest absolute Gasteiger partial charge is 0.356 e. The third-order valence-electron chi connectivity index (χ3n) is 2.47. The Morgan fingerprint density at radius 3 is 2.13 bits per heavy atom. The summed E-state index contributed by atoms with van der Waals surface area (Å²) in [6.07, 6.45) is 1.66. The van der Waals surface area contributed by atoms with Gasteiger partial charge in [-0.15, -0.1) is 0 Å². The molecule has 0 saturated heterocycles. The van der Waals surface area contributed by atoms with Gasteiger partial charge in [0, 0.05) is 11.6 Å². The average Bonchev–Trinajstić information content (AvgIpc) is 2.69. The van der Waals surface area contributed by atoms with Gasteiger partial charge < -0.3 is 4.52 Å². The molecule has 0 radical (unpaired) electrons. The smallest absolute Gasteiger partial charge is 0.166 e. The van der Waals surface area contributed by atoms with Gasteiger partial charge in [0.05, 0.1) is 6.20 Å². The normalized spacial score (nSPS) is 11.7. The maximum absolute atomic E-state index is 5.10. The van der Waals surface area contributed by atoms with Crippen molar-refractivity contribution in [2.45, 2.75) is 26.2 Å². The molecular weight excluding hydrogens is 186 g/mol. The van der Waals surface area contributed by atoms with Crippen molar-refractivity contribution in [1.82, 2.24) is 5.16 Å². The van der Waals surface area contributed by atoms with Crippen molar-refractivity contribution in [3.63, 3.8) is 0 Å². The van der Waals surface area contributed by atoms with Gasteiger partial charge in [-0.25, -0.2) is 0 Å². The average molecular weight is 201 g/mol. The Kier molecular flexibility index (Phi) is 2.35. The molecule has 1 aromatic heterocycles. The molecule has 0 amide bonds. The maximum atomic E-state index is 5.10. The minimum Gasteiger partial charge on any atom is -0.356 e. The van der Waals surface area contributed by atoms with Crippen molar-refractivity contribution >= 4 is 0 Å². The zero-order valence-corrected chi connectivity index (χ0v) is 9.32. The summed E-state index contributed by atoms with van der Waals surface area (Å²) in [4.78, 5) is 0. The van der Waals surface area contributed by atoms with Crippen molar-refractivity contribution in [3.05, 3.63) is 42.1 Å². The summed E-state index contributed by atoms with van der Waals surface area (Å²) in [5.74, 6) is 0.815. The van der Waals surface area contributed by atoms with Crippen LogP contribution in [0.1, 0.15) is 26.3 Å². The summed E-state index contributed by atoms with van der Waals surface area (Å²) >= 11 is 0. The molecule has 15 heavy (non-hydrogen) atoms. The Morgan fingerprint density at radius 1 is 1.00 bits per heavy atom. The molecular formula is C13H15NO. The zero-order valence-electron chi connectivity index (χ0n) is 9.32. The maximum Gasteiger partial charge on any atom is 0.166 e. The number of rotatable bonds is 1. The Bertz CT molecular complexity index is 421. The number of hydrogen-bond donors (Lipinski definition) is 0. The minimum absolute atomic E-state index is 0.194. The highest BCUT2D eigenvalue weighted by atomic mass is 16.5. The van der Waals surface area contributed by atoms with Gasteiger partial charge >= 0.3 is 0 Å². The van der Waals surface area contributed by atoms with E-state index in [1.165, 1.54) is 5.56 Å². The molecule has 78 valence electrons. The first-order chi connectivity index (χ1) is 7.07. The second kappa shape index (κ2) is 3.54. The fourth-order valence-corrected chi connectivity index (χ4v) is 1.50. The molecule has 0 N–H and O–H groups in total. The van der Waals surface area contributed by atoms with Crippen LogP contribution in [0.25, 0.3) is 11.3 Å². The molecule has 0 saturated carbocycles. The van der Waals surface area contributed by atoms with Crippen LogP contribution in [0.2, 0.25) is 0 Å². The standard InChI is InChI=1S/C13H15NO/c1-13(2,3)11-6-4-10(5-7-11)12-8-9-14-15-12/h4-9H,1-3H3. The summed E-state index contributed by atoms with van der Waals surface area (Å²) in [6, 6.07) is 10.3. The minimum atomic E-state index is 0.194. The van der Waals surface area contributed by atoms with Crippen molar-refractivity contribution in [1.29, 1.82) is 0 Å². The van der Waals surface area contributed by atoms with E-state index >= 15 is 0 Å². The van der Waals surface area contributed by atoms with E-state index in [9.17, 15) is 0 Å². The molecule has 2 nitrogen and oxygen atoms in total. The lowest BCUT2D eigenvalue weighted by Crippen LogP contribution is -2.10. The van der Waals surface area contributed by atoms with Crippen LogP contribution in [0.3, 0.4) is 0 Å². The van der Waals surface area contributed by atoms with Crippen LogP contribution in [-0.4, -0.2) is 5.16 Å². The lowest BCUT2D eigenvalue weighted by Gasteiger charge is -2.18. The van der Waals surface area contributed by atoms with E-state index < -0.39 is 0 Å². The van der Waals surface area contributed by atoms with E-state index in [-0.39, 0.29) is 5.41 Å². The number of benzene rings is 1. The molecule has 1 aromatic carbocycles. The highest BCUT2D eigenvalue weighted by molar-refractivity contribution is 5.57. The van der Waals surface area contributed by atoms with Crippen LogP contribution in [0.4, 0.5) is 0 Å². The van der Waals surface area contributed by atoms with Crippen LogP contribution in [0.15, 0.2) is 41.1 Å². The summed E-state index contributed by atoms with van der Waals surface area (Å²) in [5, 5.41) is 3.69. The van der Waals surface area contributed by atoms with Gasteiger partial charge in [-0.1, -0.05) is 50.2 Å². The van der Waals surface area contributed by atoms with Gasteiger partial charge in [0.2, 0.25) is 0 Å². The summed E-state index contributed by atoms with van der Waals surface area (Å²) in [7, 11) is 0. The quantitative estimate of drug-likeness (QED) is 0.704. The molecule has 1 heterocycles. The SMILES string of the molecule is CC(C)(C)c1ccc(-c2ccno2)cc1. The molecule has 0 fully saturated rings. The van der Waals surface area contributed by atoms with Gasteiger partial charge in [0.15, 0.2) is 5.76 Å². The molecule has 0 aliphatic rings. The molecule has 0 aliphatic heterocycles. The van der Waals surface area contributed by atoms with E-state index in [0.717, 1.165) is 11.3 Å². The van der Waals surface area contributed by atoms with Gasteiger partial charge in [-0.3, -0.25) is 0 Å². The summed E-state index contributed by atoms with van der Waals surface area (Å²) < 4.78 is 5.10. The van der Waals surface area contributed by atoms with Gasteiger partial charge in [0.25, 0.3) is 0 Å². The van der Waals surface area contributed by atoms with E-state index in [1.807, 2.05) is 6.07 Å². The van der Waals surface area contributed by atoms with Crippen LogP contribution in [-0.2, 0) is 5.41 Å². The monoisotopic (exact) mass is 201 g/mol. The predicted molar refractivity (Wildman–Crippen MR) is 60.6 cm³/mol. The van der Waals surface area contributed by atoms with Gasteiger partial charge in [-0.2, -0.15) is 0 Å². The Balaban J connectivity index is 2.33. The zero-order chi connectivity index (χ0) is 10.9. The Labute approximate surface area is 89.9 Å². The second-order valence-corrected chi connectivity index (χ2v) is 4.70. The Morgan fingerprint density at radius 2 is 1.67 bits per heavy atom. The molecule has 0 unspecified atom stereocenters. The van der Waals surface area contributed by atoms with Gasteiger partial charge in [-0.05, 0) is 11.0 Å². The lowest BCUT2D eigenvalue weighted by molar-refractivity contribution is 0.432. The summed E-state index contributed by atoms with van der Waals surface area (Å²) in [6.45, 7) is 6.61. The lowest BCUT2D eigenvalue weighted by atomic mass is 9.86. The first-order valence-corrected chi connectivity index (χ1v) is 5.09. The molecule has 0 spiro atoms. The van der Waals surface area contributed by atoms with Crippen molar-refractivity contribution in [2.24, 2.45) is 0 Å². The first kappa shape index (κ1) is 9.97. The highest BCUT2D eigenvalue weighted by Gasteiger charge is 2.13. The van der Waals surface area contributed by atoms with Crippen molar-refractivity contribution < 1.29 is 4.52 Å². The van der Waals surface area contributed by atoms with Gasteiger partial charge in [0.1, 0.15) is 0 Å². The first-order valence-electron chi connectivity index (χ1n) is 5.09. The van der Waals surface area contributed by atoms with E-state index in [4.69, 9.17) is 4.52 Å². The van der Waals surface area contributed by atoms with Crippen LogP contribution >= 0.6 is 0 Å². The molecule has 0 aliphatic carbocycles. The van der Waals surface area contributed by atoms with E-state index in [0.29, 0.717) is 0 Å². The molecule has 0 atom stereocenters. The third-order valence-corrected chi connectivity index (χ3v) is 2.47. The predicted octanol–water partition coefficient (Wildman–Crippen LogP) is 3.64. The molecule has 0 bridgehead atoms. The third kappa shape index (κ3) is 2.09. The molecule has 2 heteroatoms. The molecule has 2 rings (SSSR count). The van der Waals surface area contributed by atoms with Crippen LogP contribution in [0.5, 0.6) is 0 Å². The van der Waals surface area contributed by atoms with E-state index in [1.54, 1.807) is 6.20 Å². The fourth-order valence-electron chi connectivity index (χ4n) is 1.50. The Hall–Kier alpha value is -1.57. The molecule has 2 aromatic rings. The number of nitrogens with zero attached hydrogens (tertiary/aromatic N) is 1. The van der Waals surface area contributed by atoms with Crippen LogP contribution < -0.4 is 0 Å². The van der Waals surface area contributed by atoms with Crippen molar-refractivity contribution in [2.75, 3.05) is 0 Å². The van der Waals surface area contributed by atoms with Crippen molar-refractivity contribution in [3.8, 4) is 11.3 Å². The second-order valence-electron chi connectivity index (χ2n) is 4.70. The topological polar surface area (TPSA) is 26.0 Å². The number of hydrogen-bond acceptors (Lipinski definition) is 2. The summed E-state index contributed by atoms with van der Waals surface area (Å²) in [5.41, 5.74) is 2.59. The van der Waals surface area contributed by atoms with Crippen LogP contribution in [0, 0.1) is 0 Å².